The van der Waals surface area contributed by atoms with E-state index in [0.717, 1.165) is 55.5 Å². The Morgan fingerprint density at radius 1 is 1.22 bits per heavy atom. The van der Waals surface area contributed by atoms with Crippen molar-refractivity contribution in [1.29, 1.82) is 0 Å². The van der Waals surface area contributed by atoms with Gasteiger partial charge in [-0.3, -0.25) is 10.1 Å². The van der Waals surface area contributed by atoms with E-state index >= 15 is 0 Å². The first-order valence-corrected chi connectivity index (χ1v) is 9.25. The van der Waals surface area contributed by atoms with Crippen molar-refractivity contribution in [3.05, 3.63) is 40.9 Å². The Hall–Kier alpha value is -1.75. The molecule has 1 fully saturated rings. The zero-order valence-corrected chi connectivity index (χ0v) is 14.4. The van der Waals surface area contributed by atoms with Gasteiger partial charge in [-0.1, -0.05) is 67.9 Å². The summed E-state index contributed by atoms with van der Waals surface area (Å²) >= 11 is 1.50. The molecule has 1 heterocycles. The summed E-state index contributed by atoms with van der Waals surface area (Å²) in [5, 5.41) is 13.0. The Labute approximate surface area is 141 Å². The summed E-state index contributed by atoms with van der Waals surface area (Å²) in [7, 11) is 0. The van der Waals surface area contributed by atoms with Crippen molar-refractivity contribution >= 4 is 22.4 Å². The second kappa shape index (κ2) is 7.21. The van der Waals surface area contributed by atoms with Crippen LogP contribution in [0.5, 0.6) is 0 Å². The third kappa shape index (κ3) is 3.44. The number of anilines is 1. The quantitative estimate of drug-likeness (QED) is 0.858. The molecule has 0 aliphatic heterocycles. The molecule has 1 amide bonds. The highest BCUT2D eigenvalue weighted by molar-refractivity contribution is 7.15. The molecule has 0 spiro atoms. The second-order valence-electron chi connectivity index (χ2n) is 6.21. The standard InChI is InChI=1S/C18H23N3OS/c1-2-3-11-15-20-21-17(23-15)19-16(22)18(12-7-8-13-18)14-9-5-4-6-10-14/h4-6,9-10H,2-3,7-8,11-13H2,1H3,(H,19,21,22). The first kappa shape index (κ1) is 16.1. The summed E-state index contributed by atoms with van der Waals surface area (Å²) in [6, 6.07) is 10.1. The third-order valence-electron chi connectivity index (χ3n) is 4.65. The van der Waals surface area contributed by atoms with Crippen LogP contribution in [0.3, 0.4) is 0 Å². The molecule has 1 aromatic carbocycles. The molecule has 1 aliphatic rings. The van der Waals surface area contributed by atoms with Crippen LogP contribution in [0.4, 0.5) is 5.13 Å². The summed E-state index contributed by atoms with van der Waals surface area (Å²) < 4.78 is 0. The van der Waals surface area contributed by atoms with Crippen LogP contribution in [0.25, 0.3) is 0 Å². The Bertz CT molecular complexity index is 647. The number of amides is 1. The van der Waals surface area contributed by atoms with Crippen LogP contribution in [-0.4, -0.2) is 16.1 Å². The number of carbonyl (C=O) groups excluding carboxylic acids is 1. The number of nitrogens with zero attached hydrogens (tertiary/aromatic N) is 2. The fourth-order valence-corrected chi connectivity index (χ4v) is 4.11. The fraction of sp³-hybridized carbons (Fsp3) is 0.500. The number of aromatic nitrogens is 2. The van der Waals surface area contributed by atoms with Gasteiger partial charge in [0.05, 0.1) is 5.41 Å². The summed E-state index contributed by atoms with van der Waals surface area (Å²) in [6.07, 6.45) is 7.19. The molecule has 0 bridgehead atoms. The summed E-state index contributed by atoms with van der Waals surface area (Å²) in [6.45, 7) is 2.16. The number of unbranched alkanes of at least 4 members (excludes halogenated alkanes) is 1. The third-order valence-corrected chi connectivity index (χ3v) is 5.55. The molecule has 1 saturated carbocycles. The predicted molar refractivity (Wildman–Crippen MR) is 93.7 cm³/mol. The van der Waals surface area contributed by atoms with Crippen LogP contribution < -0.4 is 5.32 Å². The Kier molecular flexibility index (Phi) is 5.06. The van der Waals surface area contributed by atoms with E-state index in [4.69, 9.17) is 0 Å². The Balaban J connectivity index is 1.76. The van der Waals surface area contributed by atoms with Gasteiger partial charge in [-0.05, 0) is 24.8 Å². The van der Waals surface area contributed by atoms with Gasteiger partial charge in [-0.15, -0.1) is 10.2 Å². The number of rotatable bonds is 6. The lowest BCUT2D eigenvalue weighted by atomic mass is 9.78. The number of aryl methyl sites for hydroxylation is 1. The van der Waals surface area contributed by atoms with Gasteiger partial charge in [0.2, 0.25) is 11.0 Å². The lowest BCUT2D eigenvalue weighted by molar-refractivity contribution is -0.121. The van der Waals surface area contributed by atoms with E-state index in [1.807, 2.05) is 18.2 Å². The minimum atomic E-state index is -0.406. The largest absolute Gasteiger partial charge is 0.300 e. The van der Waals surface area contributed by atoms with Crippen molar-refractivity contribution in [2.75, 3.05) is 5.32 Å². The van der Waals surface area contributed by atoms with Gasteiger partial charge in [-0.2, -0.15) is 0 Å². The molecule has 1 N–H and O–H groups in total. The Morgan fingerprint density at radius 2 is 1.96 bits per heavy atom. The van der Waals surface area contributed by atoms with E-state index < -0.39 is 5.41 Å². The number of hydrogen-bond donors (Lipinski definition) is 1. The van der Waals surface area contributed by atoms with E-state index in [1.54, 1.807) is 0 Å². The van der Waals surface area contributed by atoms with Crippen molar-refractivity contribution in [2.24, 2.45) is 0 Å². The molecule has 0 atom stereocenters. The summed E-state index contributed by atoms with van der Waals surface area (Å²) in [4.78, 5) is 13.0. The lowest BCUT2D eigenvalue weighted by Crippen LogP contribution is -2.37. The molecule has 122 valence electrons. The van der Waals surface area contributed by atoms with E-state index in [-0.39, 0.29) is 5.91 Å². The minimum Gasteiger partial charge on any atom is -0.300 e. The van der Waals surface area contributed by atoms with Crippen LogP contribution >= 0.6 is 11.3 Å². The Morgan fingerprint density at radius 3 is 2.65 bits per heavy atom. The van der Waals surface area contributed by atoms with Gasteiger partial charge in [0.1, 0.15) is 5.01 Å². The summed E-state index contributed by atoms with van der Waals surface area (Å²) in [5.41, 5.74) is 0.710. The van der Waals surface area contributed by atoms with Crippen LogP contribution in [0, 0.1) is 0 Å². The van der Waals surface area contributed by atoms with Gasteiger partial charge in [0, 0.05) is 6.42 Å². The average Bonchev–Trinajstić information content (AvgIpc) is 3.24. The minimum absolute atomic E-state index is 0.0689. The van der Waals surface area contributed by atoms with Crippen LogP contribution in [-0.2, 0) is 16.6 Å². The highest BCUT2D eigenvalue weighted by Gasteiger charge is 2.42. The summed E-state index contributed by atoms with van der Waals surface area (Å²) in [5.74, 6) is 0.0689. The van der Waals surface area contributed by atoms with Gasteiger partial charge >= 0.3 is 0 Å². The van der Waals surface area contributed by atoms with Crippen molar-refractivity contribution in [3.8, 4) is 0 Å². The highest BCUT2D eigenvalue weighted by atomic mass is 32.1. The molecule has 5 heteroatoms. The average molecular weight is 329 g/mol. The zero-order chi connectivity index (χ0) is 16.1. The van der Waals surface area contributed by atoms with Gasteiger partial charge in [-0.25, -0.2) is 0 Å². The molecule has 0 saturated heterocycles. The number of carbonyl (C=O) groups is 1. The maximum atomic E-state index is 13.0. The fourth-order valence-electron chi connectivity index (χ4n) is 3.33. The van der Waals surface area contributed by atoms with E-state index in [1.165, 1.54) is 11.3 Å². The number of benzene rings is 1. The zero-order valence-electron chi connectivity index (χ0n) is 13.5. The predicted octanol–water partition coefficient (Wildman–Crippen LogP) is 4.33. The molecular formula is C18H23N3OS. The first-order valence-electron chi connectivity index (χ1n) is 8.44. The number of hydrogen-bond acceptors (Lipinski definition) is 4. The van der Waals surface area contributed by atoms with Crippen LogP contribution in [0.2, 0.25) is 0 Å². The smallest absolute Gasteiger partial charge is 0.236 e. The second-order valence-corrected chi connectivity index (χ2v) is 7.28. The molecule has 4 nitrogen and oxygen atoms in total. The van der Waals surface area contributed by atoms with E-state index in [0.29, 0.717) is 5.13 Å². The van der Waals surface area contributed by atoms with Gasteiger partial charge in [0.15, 0.2) is 0 Å². The normalized spacial score (nSPS) is 16.4. The van der Waals surface area contributed by atoms with E-state index in [2.05, 4.69) is 34.6 Å². The van der Waals surface area contributed by atoms with E-state index in [9.17, 15) is 4.79 Å². The monoisotopic (exact) mass is 329 g/mol. The van der Waals surface area contributed by atoms with Crippen molar-refractivity contribution in [3.63, 3.8) is 0 Å². The first-order chi connectivity index (χ1) is 11.2. The topological polar surface area (TPSA) is 54.9 Å². The molecular weight excluding hydrogens is 306 g/mol. The van der Waals surface area contributed by atoms with Gasteiger partial charge in [0.25, 0.3) is 0 Å². The molecule has 3 rings (SSSR count). The number of nitrogens with one attached hydrogen (secondary N) is 1. The molecule has 0 radical (unpaired) electrons. The van der Waals surface area contributed by atoms with Gasteiger partial charge < -0.3 is 0 Å². The lowest BCUT2D eigenvalue weighted by Gasteiger charge is -2.27. The highest BCUT2D eigenvalue weighted by Crippen LogP contribution is 2.42. The maximum Gasteiger partial charge on any atom is 0.236 e. The molecule has 1 aromatic heterocycles. The van der Waals surface area contributed by atoms with Crippen molar-refractivity contribution < 1.29 is 4.79 Å². The van der Waals surface area contributed by atoms with Crippen LogP contribution in [0.15, 0.2) is 30.3 Å². The molecule has 0 unspecified atom stereocenters. The maximum absolute atomic E-state index is 13.0. The molecule has 1 aliphatic carbocycles. The van der Waals surface area contributed by atoms with Crippen molar-refractivity contribution in [2.45, 2.75) is 57.3 Å². The molecule has 23 heavy (non-hydrogen) atoms. The molecule has 2 aromatic rings. The van der Waals surface area contributed by atoms with Crippen LogP contribution in [0.1, 0.15) is 56.0 Å². The van der Waals surface area contributed by atoms with Crippen molar-refractivity contribution in [1.82, 2.24) is 10.2 Å². The SMILES string of the molecule is CCCCc1nnc(NC(=O)C2(c3ccccc3)CCCC2)s1.